The van der Waals surface area contributed by atoms with Crippen LogP contribution in [0.25, 0.3) is 0 Å². The molecule has 2 aromatic rings. The molecule has 1 aliphatic heterocycles. The summed E-state index contributed by atoms with van der Waals surface area (Å²) >= 11 is 0. The number of nitrogens with zero attached hydrogens (tertiary/aromatic N) is 2. The minimum Gasteiger partial charge on any atom is -0.493 e. The summed E-state index contributed by atoms with van der Waals surface area (Å²) in [6, 6.07) is 10.6. The predicted molar refractivity (Wildman–Crippen MR) is 102 cm³/mol. The summed E-state index contributed by atoms with van der Waals surface area (Å²) in [5.74, 6) is 0.472. The van der Waals surface area contributed by atoms with E-state index in [0.717, 1.165) is 37.2 Å². The number of ether oxygens (including phenoxy) is 2. The van der Waals surface area contributed by atoms with Crippen molar-refractivity contribution in [1.29, 1.82) is 0 Å². The van der Waals surface area contributed by atoms with Crippen LogP contribution in [0.2, 0.25) is 0 Å². The molecule has 1 saturated heterocycles. The van der Waals surface area contributed by atoms with E-state index >= 15 is 0 Å². The summed E-state index contributed by atoms with van der Waals surface area (Å²) in [5.41, 5.74) is 1.99. The lowest BCUT2D eigenvalue weighted by molar-refractivity contribution is 0.0696. The first-order chi connectivity index (χ1) is 13.1. The molecular weight excluding hydrogens is 343 g/mol. The summed E-state index contributed by atoms with van der Waals surface area (Å²) in [4.78, 5) is 17.6. The molecule has 1 N–H and O–H groups in total. The van der Waals surface area contributed by atoms with Crippen LogP contribution in [0.5, 0.6) is 11.6 Å². The van der Waals surface area contributed by atoms with Crippen molar-refractivity contribution in [3.8, 4) is 11.6 Å². The molecule has 27 heavy (non-hydrogen) atoms. The first-order valence-corrected chi connectivity index (χ1v) is 9.15. The number of hydrogen-bond acceptors (Lipinski definition) is 5. The van der Waals surface area contributed by atoms with Gasteiger partial charge in [0.2, 0.25) is 5.88 Å². The minimum atomic E-state index is -0.985. The van der Waals surface area contributed by atoms with Crippen LogP contribution in [0.3, 0.4) is 0 Å². The van der Waals surface area contributed by atoms with E-state index in [4.69, 9.17) is 22.6 Å². The van der Waals surface area contributed by atoms with E-state index in [1.54, 1.807) is 12.1 Å². The van der Waals surface area contributed by atoms with Crippen LogP contribution in [0.15, 0.2) is 36.4 Å². The first-order valence-electron chi connectivity index (χ1n) is 9.15. The second kappa shape index (κ2) is 8.91. The maximum absolute atomic E-state index is 11.1. The summed E-state index contributed by atoms with van der Waals surface area (Å²) in [6.07, 6.45) is 1.97. The molecule has 0 atom stereocenters. The highest BCUT2D eigenvalue weighted by Gasteiger charge is 2.19. The maximum atomic E-state index is 11.1. The molecule has 0 bridgehead atoms. The summed E-state index contributed by atoms with van der Waals surface area (Å²) < 4.78 is 11.4. The van der Waals surface area contributed by atoms with E-state index in [9.17, 15) is 4.79 Å². The third-order valence-electron chi connectivity index (χ3n) is 4.68. The van der Waals surface area contributed by atoms with Gasteiger partial charge in [-0.3, -0.25) is 0 Å². The third-order valence-corrected chi connectivity index (χ3v) is 4.68. The molecule has 0 unspecified atom stereocenters. The number of aromatic carboxylic acids is 1. The van der Waals surface area contributed by atoms with Gasteiger partial charge in [0, 0.05) is 23.2 Å². The van der Waals surface area contributed by atoms with Gasteiger partial charge in [0.25, 0.3) is 0 Å². The molecule has 0 saturated carbocycles. The number of carboxylic acid groups (broad SMARTS) is 1. The van der Waals surface area contributed by atoms with Crippen molar-refractivity contribution in [2.45, 2.75) is 32.3 Å². The van der Waals surface area contributed by atoms with E-state index in [-0.39, 0.29) is 12.2 Å². The van der Waals surface area contributed by atoms with Crippen LogP contribution in [-0.2, 0) is 6.61 Å². The van der Waals surface area contributed by atoms with Crippen molar-refractivity contribution >= 4 is 14.0 Å². The van der Waals surface area contributed by atoms with E-state index in [1.165, 1.54) is 6.07 Å². The van der Waals surface area contributed by atoms with E-state index in [2.05, 4.69) is 4.98 Å². The van der Waals surface area contributed by atoms with Gasteiger partial charge < -0.3 is 19.4 Å². The van der Waals surface area contributed by atoms with Crippen molar-refractivity contribution in [3.63, 3.8) is 0 Å². The van der Waals surface area contributed by atoms with Crippen molar-refractivity contribution in [2.24, 2.45) is 0 Å². The monoisotopic (exact) mass is 366 g/mol. The van der Waals surface area contributed by atoms with Crippen LogP contribution < -0.4 is 9.47 Å². The highest BCUT2D eigenvalue weighted by Crippen LogP contribution is 2.28. The molecular formula is C20H23BN2O4. The van der Waals surface area contributed by atoms with Crippen molar-refractivity contribution in [1.82, 2.24) is 9.79 Å². The van der Waals surface area contributed by atoms with Gasteiger partial charge in [0.05, 0.1) is 12.2 Å². The zero-order valence-corrected chi connectivity index (χ0v) is 15.4. The second-order valence-electron chi connectivity index (χ2n) is 6.56. The molecule has 1 fully saturated rings. The largest absolute Gasteiger partial charge is 0.493 e. The Balaban J connectivity index is 1.69. The normalized spacial score (nSPS) is 15.4. The number of carboxylic acids is 1. The standard InChI is InChI=1S/C20H23BN2O4/c1-2-26-18-12-15(20(24)25)6-7-16(18)13-27-19-5-3-4-17(22-19)14-8-10-23(21)11-9-14/h3-7,12,14H,2,8-11,13H2,1H3,(H,24,25). The Hall–Kier alpha value is -2.54. The van der Waals surface area contributed by atoms with E-state index in [1.807, 2.05) is 29.9 Å². The molecule has 6 nitrogen and oxygen atoms in total. The molecule has 2 heterocycles. The molecule has 1 aliphatic rings. The zero-order chi connectivity index (χ0) is 19.2. The lowest BCUT2D eigenvalue weighted by Gasteiger charge is -2.29. The van der Waals surface area contributed by atoms with Gasteiger partial charge in [-0.2, -0.15) is 0 Å². The highest BCUT2D eigenvalue weighted by molar-refractivity contribution is 6.04. The molecule has 0 spiro atoms. The Morgan fingerprint density at radius 2 is 2.04 bits per heavy atom. The fourth-order valence-corrected chi connectivity index (χ4v) is 3.18. The Labute approximate surface area is 160 Å². The highest BCUT2D eigenvalue weighted by atomic mass is 16.5. The molecule has 3 rings (SSSR count). The first kappa shape index (κ1) is 19.2. The van der Waals surface area contributed by atoms with Gasteiger partial charge in [-0.05, 0) is 51.1 Å². The lowest BCUT2D eigenvalue weighted by atomic mass is 9.92. The van der Waals surface area contributed by atoms with Crippen LogP contribution >= 0.6 is 0 Å². The second-order valence-corrected chi connectivity index (χ2v) is 6.56. The lowest BCUT2D eigenvalue weighted by Crippen LogP contribution is -2.30. The number of benzene rings is 1. The van der Waals surface area contributed by atoms with Crippen LogP contribution in [0, 0.1) is 0 Å². The van der Waals surface area contributed by atoms with Crippen LogP contribution in [-0.4, -0.2) is 48.5 Å². The quantitative estimate of drug-likeness (QED) is 0.760. The third kappa shape index (κ3) is 5.01. The average molecular weight is 366 g/mol. The molecule has 2 radical (unpaired) electrons. The molecule has 140 valence electrons. The molecule has 1 aromatic heterocycles. The fraction of sp³-hybridized carbons (Fsp3) is 0.400. The summed E-state index contributed by atoms with van der Waals surface area (Å²) in [6.45, 7) is 4.29. The van der Waals surface area contributed by atoms with Gasteiger partial charge >= 0.3 is 5.97 Å². The number of rotatable bonds is 7. The zero-order valence-electron chi connectivity index (χ0n) is 15.4. The topological polar surface area (TPSA) is 71.9 Å². The van der Waals surface area contributed by atoms with Gasteiger partial charge in [0.15, 0.2) is 7.98 Å². The SMILES string of the molecule is [B]N1CCC(c2cccc(OCc3ccc(C(=O)O)cc3OCC)n2)CC1. The van der Waals surface area contributed by atoms with Crippen LogP contribution in [0.4, 0.5) is 0 Å². The van der Waals surface area contributed by atoms with Gasteiger partial charge in [-0.25, -0.2) is 9.78 Å². The van der Waals surface area contributed by atoms with Gasteiger partial charge in [-0.15, -0.1) is 0 Å². The summed E-state index contributed by atoms with van der Waals surface area (Å²) in [5, 5.41) is 9.14. The summed E-state index contributed by atoms with van der Waals surface area (Å²) in [7, 11) is 5.82. The number of pyridine rings is 1. The van der Waals surface area contributed by atoms with Crippen molar-refractivity contribution in [3.05, 3.63) is 53.2 Å². The molecule has 0 amide bonds. The number of aromatic nitrogens is 1. The van der Waals surface area contributed by atoms with Crippen molar-refractivity contribution < 1.29 is 19.4 Å². The molecule has 7 heteroatoms. The van der Waals surface area contributed by atoms with Crippen molar-refractivity contribution in [2.75, 3.05) is 19.7 Å². The van der Waals surface area contributed by atoms with E-state index < -0.39 is 5.97 Å². The fourth-order valence-electron chi connectivity index (χ4n) is 3.18. The molecule has 0 aliphatic carbocycles. The van der Waals surface area contributed by atoms with Gasteiger partial charge in [-0.1, -0.05) is 12.1 Å². The maximum Gasteiger partial charge on any atom is 0.335 e. The number of carbonyl (C=O) groups is 1. The predicted octanol–water partition coefficient (Wildman–Crippen LogP) is 3.02. The Bertz CT molecular complexity index is 791. The van der Waals surface area contributed by atoms with Crippen LogP contribution in [0.1, 0.15) is 47.3 Å². The number of piperidine rings is 1. The number of hydrogen-bond donors (Lipinski definition) is 1. The smallest absolute Gasteiger partial charge is 0.335 e. The minimum absolute atomic E-state index is 0.188. The Morgan fingerprint density at radius 1 is 1.26 bits per heavy atom. The van der Waals surface area contributed by atoms with Gasteiger partial charge in [0.1, 0.15) is 12.4 Å². The van der Waals surface area contributed by atoms with E-state index in [0.29, 0.717) is 24.2 Å². The Kier molecular flexibility index (Phi) is 6.34. The average Bonchev–Trinajstić information content (AvgIpc) is 2.68. The molecule has 1 aromatic carbocycles. The Morgan fingerprint density at radius 3 is 2.74 bits per heavy atom.